The van der Waals surface area contributed by atoms with Crippen molar-refractivity contribution in [2.75, 3.05) is 24.4 Å². The Bertz CT molecular complexity index is 1840. The van der Waals surface area contributed by atoms with Crippen LogP contribution < -0.4 is 19.7 Å². The molecule has 1 spiro atoms. The van der Waals surface area contributed by atoms with Gasteiger partial charge in [-0.2, -0.15) is 0 Å². The zero-order chi connectivity index (χ0) is 30.0. The number of benzene rings is 3. The molecule has 0 aliphatic carbocycles. The zero-order valence-corrected chi connectivity index (χ0v) is 25.0. The van der Waals surface area contributed by atoms with E-state index in [1.165, 1.54) is 25.6 Å². The molecule has 8 heteroatoms. The molecule has 4 heterocycles. The second kappa shape index (κ2) is 9.95. The lowest BCUT2D eigenvalue weighted by molar-refractivity contribution is -0.121. The summed E-state index contributed by atoms with van der Waals surface area (Å²) in [5.74, 6) is -1.12. The first kappa shape index (κ1) is 27.2. The van der Waals surface area contributed by atoms with Crippen molar-refractivity contribution in [3.63, 3.8) is 0 Å². The number of thiophene rings is 1. The van der Waals surface area contributed by atoms with Crippen molar-refractivity contribution >= 4 is 45.8 Å². The van der Waals surface area contributed by atoms with Crippen LogP contribution >= 0.6 is 11.3 Å². The fourth-order valence-electron chi connectivity index (χ4n) is 7.28. The van der Waals surface area contributed by atoms with E-state index in [1.807, 2.05) is 66.6 Å². The standard InChI is InChI=1S/C35H30N2O5S/c1-19-11-13-26-22(16-19)20(2)17-29-35(24-8-5-6-9-25(24)36-34(35)40)30(31(37(26)29)33(39)28-10-7-15-43-28)32(38)23-18-21(41-3)12-14-27(23)42-4/h5-18,29-31H,1-4H3,(H,36,40)/t29-,30-,31+,35-/m1/s1. The Morgan fingerprint density at radius 2 is 1.74 bits per heavy atom. The van der Waals surface area contributed by atoms with Gasteiger partial charge in [-0.1, -0.05) is 42.0 Å². The molecule has 4 aromatic rings. The van der Waals surface area contributed by atoms with Crippen LogP contribution in [-0.2, 0) is 10.2 Å². The molecule has 3 aromatic carbocycles. The normalized spacial score (nSPS) is 23.3. The third-order valence-electron chi connectivity index (χ3n) is 9.12. The largest absolute Gasteiger partial charge is 0.497 e. The molecule has 0 unspecified atom stereocenters. The molecule has 43 heavy (non-hydrogen) atoms. The van der Waals surface area contributed by atoms with Crippen molar-refractivity contribution < 1.29 is 23.9 Å². The highest BCUT2D eigenvalue weighted by Gasteiger charge is 2.70. The van der Waals surface area contributed by atoms with Gasteiger partial charge in [0.05, 0.1) is 36.6 Å². The van der Waals surface area contributed by atoms with Gasteiger partial charge in [0.25, 0.3) is 0 Å². The minimum atomic E-state index is -1.40. The van der Waals surface area contributed by atoms with Crippen molar-refractivity contribution in [1.29, 1.82) is 0 Å². The lowest BCUT2D eigenvalue weighted by Gasteiger charge is -2.39. The van der Waals surface area contributed by atoms with E-state index < -0.39 is 23.4 Å². The van der Waals surface area contributed by atoms with Gasteiger partial charge in [0.15, 0.2) is 11.6 Å². The molecule has 3 aliphatic rings. The second-order valence-electron chi connectivity index (χ2n) is 11.3. The lowest BCUT2D eigenvalue weighted by Crippen LogP contribution is -2.51. The van der Waals surface area contributed by atoms with Crippen molar-refractivity contribution in [3.05, 3.63) is 111 Å². The molecule has 0 saturated carbocycles. The van der Waals surface area contributed by atoms with Gasteiger partial charge in [-0.15, -0.1) is 11.3 Å². The van der Waals surface area contributed by atoms with Crippen molar-refractivity contribution in [2.45, 2.75) is 31.3 Å². The number of fused-ring (bicyclic) bond motifs is 6. The number of Topliss-reactive ketones (excluding diaryl/α,β-unsaturated/α-hetero) is 2. The van der Waals surface area contributed by atoms with Gasteiger partial charge >= 0.3 is 0 Å². The fraction of sp³-hybridized carbons (Fsp3) is 0.229. The van der Waals surface area contributed by atoms with Crippen LogP contribution in [0.3, 0.4) is 0 Å². The molecule has 0 bridgehead atoms. The summed E-state index contributed by atoms with van der Waals surface area (Å²) in [7, 11) is 3.03. The molecular weight excluding hydrogens is 560 g/mol. The Labute approximate surface area is 253 Å². The molecule has 1 aromatic heterocycles. The first-order chi connectivity index (χ1) is 20.8. The monoisotopic (exact) mass is 590 g/mol. The molecule has 1 fully saturated rings. The van der Waals surface area contributed by atoms with Crippen LogP contribution in [0.15, 0.2) is 84.3 Å². The van der Waals surface area contributed by atoms with Crippen LogP contribution in [0, 0.1) is 12.8 Å². The number of rotatable bonds is 6. The number of ether oxygens (including phenoxy) is 2. The molecule has 7 rings (SSSR count). The number of nitrogens with one attached hydrogen (secondary N) is 1. The first-order valence-electron chi connectivity index (χ1n) is 14.1. The minimum absolute atomic E-state index is 0.200. The molecule has 1 N–H and O–H groups in total. The topological polar surface area (TPSA) is 84.9 Å². The van der Waals surface area contributed by atoms with E-state index in [-0.39, 0.29) is 23.0 Å². The number of carbonyl (C=O) groups is 3. The predicted molar refractivity (Wildman–Crippen MR) is 168 cm³/mol. The number of carbonyl (C=O) groups excluding carboxylic acids is 3. The van der Waals surface area contributed by atoms with Crippen molar-refractivity contribution in [1.82, 2.24) is 0 Å². The number of nitrogens with zero attached hydrogens (tertiary/aromatic N) is 1. The highest BCUT2D eigenvalue weighted by atomic mass is 32.1. The van der Waals surface area contributed by atoms with Crippen LogP contribution in [-0.4, -0.2) is 43.8 Å². The van der Waals surface area contributed by atoms with Crippen LogP contribution in [0.1, 0.15) is 43.6 Å². The summed E-state index contributed by atoms with van der Waals surface area (Å²) in [4.78, 5) is 47.0. The predicted octanol–water partition coefficient (Wildman–Crippen LogP) is 6.32. The van der Waals surface area contributed by atoms with Crippen LogP contribution in [0.2, 0.25) is 0 Å². The highest BCUT2D eigenvalue weighted by Crippen LogP contribution is 2.59. The van der Waals surface area contributed by atoms with Gasteiger partial charge < -0.3 is 19.7 Å². The third-order valence-corrected chi connectivity index (χ3v) is 10.0. The van der Waals surface area contributed by atoms with E-state index in [4.69, 9.17) is 9.47 Å². The van der Waals surface area contributed by atoms with Crippen LogP contribution in [0.25, 0.3) is 5.57 Å². The summed E-state index contributed by atoms with van der Waals surface area (Å²) in [5.41, 5.74) is 4.09. The molecule has 1 saturated heterocycles. The lowest BCUT2D eigenvalue weighted by atomic mass is 9.64. The van der Waals surface area contributed by atoms with E-state index in [1.54, 1.807) is 24.3 Å². The Kier molecular flexibility index (Phi) is 6.29. The number of para-hydroxylation sites is 1. The third kappa shape index (κ3) is 3.75. The summed E-state index contributed by atoms with van der Waals surface area (Å²) in [6, 6.07) is 20.7. The Morgan fingerprint density at radius 1 is 0.930 bits per heavy atom. The van der Waals surface area contributed by atoms with E-state index in [2.05, 4.69) is 17.5 Å². The van der Waals surface area contributed by atoms with Gasteiger partial charge in [-0.25, -0.2) is 0 Å². The van der Waals surface area contributed by atoms with Gasteiger partial charge in [-0.3, -0.25) is 14.4 Å². The number of hydrogen-bond acceptors (Lipinski definition) is 7. The Balaban J connectivity index is 1.57. The number of amides is 1. The molecule has 7 nitrogen and oxygen atoms in total. The number of hydrogen-bond donors (Lipinski definition) is 1. The SMILES string of the molecule is COc1ccc(OC)c(C(=O)[C@H]2[C@@H](C(=O)c3cccs3)N3c4ccc(C)cc4C(C)=C[C@@H]3[C@@]23C(=O)Nc2ccccc23)c1. The molecule has 3 aliphatic heterocycles. The number of anilines is 2. The number of methoxy groups -OCH3 is 2. The maximum atomic E-state index is 15.2. The van der Waals surface area contributed by atoms with Gasteiger partial charge in [0.1, 0.15) is 23.0 Å². The van der Waals surface area contributed by atoms with E-state index in [0.717, 1.165) is 22.4 Å². The number of aryl methyl sites for hydroxylation is 1. The summed E-state index contributed by atoms with van der Waals surface area (Å²) < 4.78 is 11.1. The van der Waals surface area contributed by atoms with Crippen molar-refractivity contribution in [2.24, 2.45) is 5.92 Å². The van der Waals surface area contributed by atoms with Gasteiger partial charge in [0, 0.05) is 16.9 Å². The zero-order valence-electron chi connectivity index (χ0n) is 24.2. The average Bonchev–Trinajstić information content (AvgIpc) is 3.73. The molecule has 4 atom stereocenters. The highest BCUT2D eigenvalue weighted by molar-refractivity contribution is 7.12. The smallest absolute Gasteiger partial charge is 0.238 e. The van der Waals surface area contributed by atoms with Gasteiger partial charge in [-0.05, 0) is 72.8 Å². The van der Waals surface area contributed by atoms with E-state index in [9.17, 15) is 9.59 Å². The fourth-order valence-corrected chi connectivity index (χ4v) is 7.98. The molecular formula is C35H30N2O5S. The Hall–Kier alpha value is -4.69. The van der Waals surface area contributed by atoms with Crippen molar-refractivity contribution in [3.8, 4) is 11.5 Å². The second-order valence-corrected chi connectivity index (χ2v) is 12.2. The maximum Gasteiger partial charge on any atom is 0.238 e. The summed E-state index contributed by atoms with van der Waals surface area (Å²) in [6.45, 7) is 4.06. The molecule has 216 valence electrons. The Morgan fingerprint density at radius 3 is 2.49 bits per heavy atom. The molecule has 0 radical (unpaired) electrons. The van der Waals surface area contributed by atoms with Crippen LogP contribution in [0.5, 0.6) is 11.5 Å². The summed E-state index contributed by atoms with van der Waals surface area (Å²) >= 11 is 1.33. The summed E-state index contributed by atoms with van der Waals surface area (Å²) in [5, 5.41) is 4.93. The maximum absolute atomic E-state index is 15.2. The van der Waals surface area contributed by atoms with Crippen LogP contribution in [0.4, 0.5) is 11.4 Å². The molecule has 1 amide bonds. The van der Waals surface area contributed by atoms with E-state index in [0.29, 0.717) is 27.6 Å². The first-order valence-corrected chi connectivity index (χ1v) is 15.0. The van der Waals surface area contributed by atoms with E-state index >= 15 is 4.79 Å². The average molecular weight is 591 g/mol. The number of allylic oxidation sites excluding steroid dienone is 1. The summed E-state index contributed by atoms with van der Waals surface area (Å²) in [6.07, 6.45) is 2.06. The minimum Gasteiger partial charge on any atom is -0.497 e. The van der Waals surface area contributed by atoms with Gasteiger partial charge in [0.2, 0.25) is 5.91 Å². The number of ketones is 2. The quantitative estimate of drug-likeness (QED) is 0.265.